The molecule has 1 aromatic carbocycles. The summed E-state index contributed by atoms with van der Waals surface area (Å²) in [5.41, 5.74) is 0.611. The molecule has 1 aliphatic rings. The smallest absolute Gasteiger partial charge is 0.410 e. The lowest BCUT2D eigenvalue weighted by Crippen LogP contribution is -2.57. The zero-order valence-corrected chi connectivity index (χ0v) is 13.3. The number of hydrogen-bond donors (Lipinski definition) is 1. The Morgan fingerprint density at radius 2 is 1.96 bits per heavy atom. The first-order valence-electron chi connectivity index (χ1n) is 7.53. The highest BCUT2D eigenvalue weighted by Crippen LogP contribution is 2.21. The molecule has 1 aromatic heterocycles. The van der Waals surface area contributed by atoms with Crippen molar-refractivity contribution in [2.24, 2.45) is 0 Å². The third kappa shape index (κ3) is 3.78. The summed E-state index contributed by atoms with van der Waals surface area (Å²) in [6, 6.07) is 13.3. The van der Waals surface area contributed by atoms with Gasteiger partial charge >= 0.3 is 6.09 Å². The molecular formula is C17H20N4O2. The first kappa shape index (κ1) is 15.3. The molecule has 0 bridgehead atoms. The normalized spacial score (nSPS) is 14.5. The second kappa shape index (κ2) is 6.66. The monoisotopic (exact) mass is 312 g/mol. The lowest BCUT2D eigenvalue weighted by Gasteiger charge is -2.43. The topological polar surface area (TPSA) is 57.7 Å². The number of ether oxygens (including phenoxy) is 1. The molecule has 1 saturated heterocycles. The maximum Gasteiger partial charge on any atom is 0.417 e. The molecule has 2 heterocycles. The number of anilines is 2. The molecule has 2 aromatic rings. The zero-order chi connectivity index (χ0) is 16.2. The lowest BCUT2D eigenvalue weighted by molar-refractivity contribution is 0.215. The molecule has 0 atom stereocenters. The van der Waals surface area contributed by atoms with Crippen LogP contribution < -0.4 is 15.0 Å². The number of hydrogen-bond acceptors (Lipinski definition) is 5. The van der Waals surface area contributed by atoms with E-state index in [-0.39, 0.29) is 0 Å². The Kier molecular flexibility index (Phi) is 4.43. The summed E-state index contributed by atoms with van der Waals surface area (Å²) in [7, 11) is 4.17. The fourth-order valence-corrected chi connectivity index (χ4v) is 2.35. The van der Waals surface area contributed by atoms with Crippen LogP contribution in [0.25, 0.3) is 0 Å². The van der Waals surface area contributed by atoms with Crippen molar-refractivity contribution in [3.8, 4) is 5.75 Å². The van der Waals surface area contributed by atoms with Gasteiger partial charge in [-0.25, -0.2) is 9.78 Å². The van der Waals surface area contributed by atoms with Gasteiger partial charge in [0.25, 0.3) is 0 Å². The highest BCUT2D eigenvalue weighted by atomic mass is 16.6. The van der Waals surface area contributed by atoms with Crippen LogP contribution in [0.4, 0.5) is 16.3 Å². The first-order chi connectivity index (χ1) is 11.1. The number of amides is 1. The van der Waals surface area contributed by atoms with Gasteiger partial charge < -0.3 is 14.5 Å². The Labute approximate surface area is 135 Å². The maximum absolute atomic E-state index is 11.8. The molecule has 0 spiro atoms. The van der Waals surface area contributed by atoms with E-state index >= 15 is 0 Å². The summed E-state index contributed by atoms with van der Waals surface area (Å²) in [6.07, 6.45) is 1.12. The molecule has 0 aliphatic carbocycles. The zero-order valence-electron chi connectivity index (χ0n) is 13.3. The van der Waals surface area contributed by atoms with Gasteiger partial charge in [-0.3, -0.25) is 5.32 Å². The van der Waals surface area contributed by atoms with Crippen LogP contribution in [0.3, 0.4) is 0 Å². The summed E-state index contributed by atoms with van der Waals surface area (Å²) in [5.74, 6) is 1.43. The summed E-state index contributed by atoms with van der Waals surface area (Å²) < 4.78 is 5.17. The van der Waals surface area contributed by atoms with E-state index in [1.807, 2.05) is 30.3 Å². The van der Waals surface area contributed by atoms with Crippen LogP contribution in [0, 0.1) is 0 Å². The standard InChI is InChI=1S/C17H20N4O2/c1-20(2)14-11-21(12-14)16-9-8-13(10-18-16)19-17(22)23-15-6-4-3-5-7-15/h3-10,14H,11-12H2,1-2H3,(H,19,22). The van der Waals surface area contributed by atoms with E-state index in [1.165, 1.54) is 0 Å². The van der Waals surface area contributed by atoms with Gasteiger partial charge in [0.2, 0.25) is 0 Å². The first-order valence-corrected chi connectivity index (χ1v) is 7.53. The molecule has 0 saturated carbocycles. The largest absolute Gasteiger partial charge is 0.417 e. The van der Waals surface area contributed by atoms with E-state index in [0.29, 0.717) is 17.5 Å². The Morgan fingerprint density at radius 1 is 1.22 bits per heavy atom. The van der Waals surface area contributed by atoms with Crippen LogP contribution in [0.2, 0.25) is 0 Å². The minimum absolute atomic E-state index is 0.505. The fourth-order valence-electron chi connectivity index (χ4n) is 2.35. The van der Waals surface area contributed by atoms with Crippen molar-refractivity contribution < 1.29 is 9.53 Å². The molecule has 0 radical (unpaired) electrons. The molecule has 3 rings (SSSR count). The predicted octanol–water partition coefficient (Wildman–Crippen LogP) is 2.44. The van der Waals surface area contributed by atoms with Crippen LogP contribution >= 0.6 is 0 Å². The van der Waals surface area contributed by atoms with E-state index in [1.54, 1.807) is 18.3 Å². The van der Waals surface area contributed by atoms with Gasteiger partial charge in [-0.2, -0.15) is 0 Å². The highest BCUT2D eigenvalue weighted by Gasteiger charge is 2.28. The number of aromatic nitrogens is 1. The second-order valence-electron chi connectivity index (χ2n) is 5.76. The van der Waals surface area contributed by atoms with E-state index in [2.05, 4.69) is 34.2 Å². The molecule has 1 fully saturated rings. The summed E-state index contributed by atoms with van der Waals surface area (Å²) in [6.45, 7) is 1.95. The average molecular weight is 312 g/mol. The molecular weight excluding hydrogens is 292 g/mol. The van der Waals surface area contributed by atoms with Crippen molar-refractivity contribution in [1.29, 1.82) is 0 Å². The van der Waals surface area contributed by atoms with Crippen LogP contribution in [0.5, 0.6) is 5.75 Å². The summed E-state index contributed by atoms with van der Waals surface area (Å²) in [4.78, 5) is 20.6. The molecule has 0 unspecified atom stereocenters. The van der Waals surface area contributed by atoms with E-state index in [4.69, 9.17) is 4.74 Å². The minimum atomic E-state index is -0.526. The number of carbonyl (C=O) groups is 1. The Morgan fingerprint density at radius 3 is 2.57 bits per heavy atom. The summed E-state index contributed by atoms with van der Waals surface area (Å²) in [5, 5.41) is 2.67. The molecule has 23 heavy (non-hydrogen) atoms. The average Bonchev–Trinajstić information content (AvgIpc) is 2.48. The van der Waals surface area contributed by atoms with Gasteiger partial charge in [-0.05, 0) is 38.4 Å². The number of pyridine rings is 1. The number of likely N-dealkylation sites (N-methyl/N-ethyl adjacent to an activating group) is 1. The van der Waals surface area contributed by atoms with Gasteiger partial charge in [0, 0.05) is 19.1 Å². The van der Waals surface area contributed by atoms with Crippen molar-refractivity contribution in [2.75, 3.05) is 37.4 Å². The molecule has 1 N–H and O–H groups in total. The molecule has 1 aliphatic heterocycles. The SMILES string of the molecule is CN(C)C1CN(c2ccc(NC(=O)Oc3ccccc3)cn2)C1. The third-order valence-electron chi connectivity index (χ3n) is 3.86. The molecule has 6 nitrogen and oxygen atoms in total. The molecule has 120 valence electrons. The van der Waals surface area contributed by atoms with Crippen molar-refractivity contribution in [3.63, 3.8) is 0 Å². The lowest BCUT2D eigenvalue weighted by atomic mass is 10.1. The van der Waals surface area contributed by atoms with Gasteiger partial charge in [0.05, 0.1) is 11.9 Å². The van der Waals surface area contributed by atoms with Crippen LogP contribution in [-0.4, -0.2) is 49.2 Å². The van der Waals surface area contributed by atoms with Crippen LogP contribution in [0.15, 0.2) is 48.7 Å². The second-order valence-corrected chi connectivity index (χ2v) is 5.76. The van der Waals surface area contributed by atoms with Gasteiger partial charge in [0.15, 0.2) is 0 Å². The van der Waals surface area contributed by atoms with E-state index < -0.39 is 6.09 Å². The highest BCUT2D eigenvalue weighted by molar-refractivity contribution is 5.86. The number of nitrogens with one attached hydrogen (secondary N) is 1. The Hall–Kier alpha value is -2.60. The van der Waals surface area contributed by atoms with Gasteiger partial charge in [-0.15, -0.1) is 0 Å². The van der Waals surface area contributed by atoms with E-state index in [9.17, 15) is 4.79 Å². The van der Waals surface area contributed by atoms with Crippen molar-refractivity contribution in [3.05, 3.63) is 48.7 Å². The number of carbonyl (C=O) groups excluding carboxylic acids is 1. The number of benzene rings is 1. The van der Waals surface area contributed by atoms with Gasteiger partial charge in [-0.1, -0.05) is 18.2 Å². The van der Waals surface area contributed by atoms with Crippen molar-refractivity contribution in [1.82, 2.24) is 9.88 Å². The van der Waals surface area contributed by atoms with Crippen LogP contribution in [-0.2, 0) is 0 Å². The van der Waals surface area contributed by atoms with Crippen molar-refractivity contribution >= 4 is 17.6 Å². The predicted molar refractivity (Wildman–Crippen MR) is 90.0 cm³/mol. The summed E-state index contributed by atoms with van der Waals surface area (Å²) >= 11 is 0. The molecule has 6 heteroatoms. The fraction of sp³-hybridized carbons (Fsp3) is 0.294. The van der Waals surface area contributed by atoms with Crippen molar-refractivity contribution in [2.45, 2.75) is 6.04 Å². The maximum atomic E-state index is 11.8. The van der Waals surface area contributed by atoms with Crippen LogP contribution in [0.1, 0.15) is 0 Å². The number of para-hydroxylation sites is 1. The minimum Gasteiger partial charge on any atom is -0.410 e. The molecule has 1 amide bonds. The van der Waals surface area contributed by atoms with Gasteiger partial charge in [0.1, 0.15) is 11.6 Å². The van der Waals surface area contributed by atoms with E-state index in [0.717, 1.165) is 18.9 Å². The Bertz CT molecular complexity index is 652. The third-order valence-corrected chi connectivity index (χ3v) is 3.86. The Balaban J connectivity index is 1.53. The quantitative estimate of drug-likeness (QED) is 0.940. The number of rotatable bonds is 4. The number of nitrogens with zero attached hydrogens (tertiary/aromatic N) is 3.